The third-order valence-corrected chi connectivity index (χ3v) is 2.27. The third kappa shape index (κ3) is 2.15. The lowest BCUT2D eigenvalue weighted by molar-refractivity contribution is 0.0931. The minimum absolute atomic E-state index is 0.194. The van der Waals surface area contributed by atoms with Gasteiger partial charge in [0.25, 0.3) is 5.91 Å². The Balaban J connectivity index is 2.25. The van der Waals surface area contributed by atoms with Gasteiger partial charge >= 0.3 is 0 Å². The van der Waals surface area contributed by atoms with Gasteiger partial charge in [-0.05, 0) is 12.1 Å². The Morgan fingerprint density at radius 3 is 2.93 bits per heavy atom. The van der Waals surface area contributed by atoms with Crippen molar-refractivity contribution in [3.8, 4) is 0 Å². The van der Waals surface area contributed by atoms with Crippen LogP contribution < -0.4 is 5.32 Å². The van der Waals surface area contributed by atoms with E-state index in [-0.39, 0.29) is 5.91 Å². The Kier molecular flexibility index (Phi) is 2.97. The molecule has 0 atom stereocenters. The first kappa shape index (κ1) is 10.1. The van der Waals surface area contributed by atoms with Crippen molar-refractivity contribution in [2.45, 2.75) is 0 Å². The number of amides is 1. The van der Waals surface area contributed by atoms with Gasteiger partial charge in [0.1, 0.15) is 5.58 Å². The van der Waals surface area contributed by atoms with Crippen LogP contribution in [0.5, 0.6) is 0 Å². The SMILES string of the molecule is O=C(NCCS)c1cc2ccccc2o1. The van der Waals surface area contributed by atoms with Crippen molar-refractivity contribution in [2.75, 3.05) is 12.3 Å². The molecule has 1 heterocycles. The maximum absolute atomic E-state index is 11.5. The minimum atomic E-state index is -0.194. The third-order valence-electron chi connectivity index (χ3n) is 2.05. The van der Waals surface area contributed by atoms with Gasteiger partial charge in [-0.25, -0.2) is 0 Å². The second-order valence-corrected chi connectivity index (χ2v) is 3.58. The van der Waals surface area contributed by atoms with Crippen LogP contribution in [0.4, 0.5) is 0 Å². The highest BCUT2D eigenvalue weighted by molar-refractivity contribution is 7.80. The molecule has 4 heteroatoms. The predicted octanol–water partition coefficient (Wildman–Crippen LogP) is 2.09. The van der Waals surface area contributed by atoms with Crippen molar-refractivity contribution >= 4 is 29.5 Å². The number of hydrogen-bond acceptors (Lipinski definition) is 3. The van der Waals surface area contributed by atoms with Crippen molar-refractivity contribution in [1.82, 2.24) is 5.32 Å². The van der Waals surface area contributed by atoms with E-state index in [0.29, 0.717) is 18.1 Å². The van der Waals surface area contributed by atoms with E-state index in [0.717, 1.165) is 11.0 Å². The number of nitrogens with one attached hydrogen (secondary N) is 1. The molecule has 0 saturated carbocycles. The molecular weight excluding hydrogens is 210 g/mol. The average Bonchev–Trinajstić information content (AvgIpc) is 2.69. The van der Waals surface area contributed by atoms with Crippen molar-refractivity contribution in [1.29, 1.82) is 0 Å². The molecule has 0 unspecified atom stereocenters. The van der Waals surface area contributed by atoms with Gasteiger partial charge in [0.2, 0.25) is 0 Å². The zero-order valence-corrected chi connectivity index (χ0v) is 8.96. The van der Waals surface area contributed by atoms with E-state index in [2.05, 4.69) is 17.9 Å². The number of carbonyl (C=O) groups is 1. The number of rotatable bonds is 3. The van der Waals surface area contributed by atoms with E-state index in [1.165, 1.54) is 0 Å². The molecule has 0 spiro atoms. The summed E-state index contributed by atoms with van der Waals surface area (Å²) < 4.78 is 5.39. The first-order chi connectivity index (χ1) is 7.31. The van der Waals surface area contributed by atoms with Crippen LogP contribution in [0.15, 0.2) is 34.7 Å². The first-order valence-corrected chi connectivity index (χ1v) is 5.32. The smallest absolute Gasteiger partial charge is 0.287 e. The first-order valence-electron chi connectivity index (χ1n) is 4.69. The van der Waals surface area contributed by atoms with Gasteiger partial charge < -0.3 is 9.73 Å². The van der Waals surface area contributed by atoms with E-state index in [4.69, 9.17) is 4.42 Å². The maximum Gasteiger partial charge on any atom is 0.287 e. The van der Waals surface area contributed by atoms with E-state index in [1.807, 2.05) is 24.3 Å². The maximum atomic E-state index is 11.5. The summed E-state index contributed by atoms with van der Waals surface area (Å²) in [5, 5.41) is 3.64. The minimum Gasteiger partial charge on any atom is -0.451 e. The zero-order valence-electron chi connectivity index (χ0n) is 8.06. The molecule has 3 nitrogen and oxygen atoms in total. The Morgan fingerprint density at radius 1 is 1.40 bits per heavy atom. The Bertz CT molecular complexity index is 445. The van der Waals surface area contributed by atoms with Crippen molar-refractivity contribution < 1.29 is 9.21 Å². The highest BCUT2D eigenvalue weighted by atomic mass is 32.1. The quantitative estimate of drug-likeness (QED) is 0.779. The molecule has 1 N–H and O–H groups in total. The standard InChI is InChI=1S/C11H11NO2S/c13-11(12-5-6-15)10-7-8-3-1-2-4-9(8)14-10/h1-4,7,15H,5-6H2,(H,12,13). The zero-order chi connectivity index (χ0) is 10.7. The van der Waals surface area contributed by atoms with Crippen LogP contribution >= 0.6 is 12.6 Å². The fourth-order valence-electron chi connectivity index (χ4n) is 1.35. The van der Waals surface area contributed by atoms with Gasteiger partial charge in [-0.1, -0.05) is 18.2 Å². The van der Waals surface area contributed by atoms with Gasteiger partial charge in [-0.3, -0.25) is 4.79 Å². The summed E-state index contributed by atoms with van der Waals surface area (Å²) in [6.07, 6.45) is 0. The molecule has 1 amide bonds. The molecule has 0 saturated heterocycles. The lowest BCUT2D eigenvalue weighted by Gasteiger charge is -1.98. The van der Waals surface area contributed by atoms with Crippen LogP contribution in [-0.4, -0.2) is 18.2 Å². The normalized spacial score (nSPS) is 10.5. The second kappa shape index (κ2) is 4.40. The summed E-state index contributed by atoms with van der Waals surface area (Å²) >= 11 is 4.01. The van der Waals surface area contributed by atoms with Crippen LogP contribution in [0.2, 0.25) is 0 Å². The number of benzene rings is 1. The summed E-state index contributed by atoms with van der Waals surface area (Å²) in [5.41, 5.74) is 0.730. The number of fused-ring (bicyclic) bond motifs is 1. The Morgan fingerprint density at radius 2 is 2.20 bits per heavy atom. The van der Waals surface area contributed by atoms with E-state index >= 15 is 0 Å². The summed E-state index contributed by atoms with van der Waals surface area (Å²) in [6.45, 7) is 0.541. The molecule has 0 aliphatic carbocycles. The van der Waals surface area contributed by atoms with Crippen LogP contribution in [0.3, 0.4) is 0 Å². The van der Waals surface area contributed by atoms with Crippen molar-refractivity contribution in [3.63, 3.8) is 0 Å². The number of thiol groups is 1. The van der Waals surface area contributed by atoms with E-state index in [9.17, 15) is 4.79 Å². The summed E-state index contributed by atoms with van der Waals surface area (Å²) in [6, 6.07) is 9.27. The van der Waals surface area contributed by atoms with Gasteiger partial charge in [0.15, 0.2) is 5.76 Å². The fraction of sp³-hybridized carbons (Fsp3) is 0.182. The summed E-state index contributed by atoms with van der Waals surface area (Å²) in [7, 11) is 0. The monoisotopic (exact) mass is 221 g/mol. The highest BCUT2D eigenvalue weighted by Crippen LogP contribution is 2.18. The molecule has 0 aliphatic rings. The summed E-state index contributed by atoms with van der Waals surface area (Å²) in [4.78, 5) is 11.5. The van der Waals surface area contributed by atoms with E-state index in [1.54, 1.807) is 6.07 Å². The van der Waals surface area contributed by atoms with Crippen molar-refractivity contribution in [3.05, 3.63) is 36.1 Å². The molecule has 0 bridgehead atoms. The fourth-order valence-corrected chi connectivity index (χ4v) is 1.46. The molecule has 0 aliphatic heterocycles. The molecule has 1 aromatic carbocycles. The van der Waals surface area contributed by atoms with Crippen molar-refractivity contribution in [2.24, 2.45) is 0 Å². The highest BCUT2D eigenvalue weighted by Gasteiger charge is 2.10. The van der Waals surface area contributed by atoms with Crippen LogP contribution in [0.1, 0.15) is 10.6 Å². The molecule has 15 heavy (non-hydrogen) atoms. The number of carbonyl (C=O) groups excluding carboxylic acids is 1. The second-order valence-electron chi connectivity index (χ2n) is 3.13. The molecule has 2 rings (SSSR count). The lowest BCUT2D eigenvalue weighted by Crippen LogP contribution is -2.24. The van der Waals surface area contributed by atoms with Crippen LogP contribution in [0, 0.1) is 0 Å². The number of para-hydroxylation sites is 1. The Hall–Kier alpha value is -1.42. The Labute approximate surface area is 92.9 Å². The molecular formula is C11H11NO2S. The van der Waals surface area contributed by atoms with Gasteiger partial charge in [-0.2, -0.15) is 12.6 Å². The van der Waals surface area contributed by atoms with Crippen LogP contribution in [0.25, 0.3) is 11.0 Å². The molecule has 0 radical (unpaired) electrons. The number of furan rings is 1. The number of hydrogen-bond donors (Lipinski definition) is 2. The van der Waals surface area contributed by atoms with E-state index < -0.39 is 0 Å². The molecule has 0 fully saturated rings. The topological polar surface area (TPSA) is 42.2 Å². The van der Waals surface area contributed by atoms with Gasteiger partial charge in [0.05, 0.1) is 0 Å². The van der Waals surface area contributed by atoms with Gasteiger partial charge in [-0.15, -0.1) is 0 Å². The molecule has 78 valence electrons. The van der Waals surface area contributed by atoms with Crippen LogP contribution in [-0.2, 0) is 0 Å². The average molecular weight is 221 g/mol. The lowest BCUT2D eigenvalue weighted by atomic mass is 10.2. The molecule has 2 aromatic rings. The summed E-state index contributed by atoms with van der Waals surface area (Å²) in [5.74, 6) is 0.768. The van der Waals surface area contributed by atoms with Gasteiger partial charge in [0, 0.05) is 17.7 Å². The predicted molar refractivity (Wildman–Crippen MR) is 62.4 cm³/mol. The molecule has 1 aromatic heterocycles. The largest absolute Gasteiger partial charge is 0.451 e.